The van der Waals surface area contributed by atoms with E-state index in [0.717, 1.165) is 17.8 Å². The molecule has 0 aromatic carbocycles. The van der Waals surface area contributed by atoms with Crippen LogP contribution in [0.4, 0.5) is 0 Å². The fourth-order valence-electron chi connectivity index (χ4n) is 1.94. The molecule has 1 aliphatic rings. The number of hydrogen-bond donors (Lipinski definition) is 1. The molecule has 0 bridgehead atoms. The third-order valence-corrected chi connectivity index (χ3v) is 5.49. The van der Waals surface area contributed by atoms with Gasteiger partial charge in [-0.15, -0.1) is 11.3 Å². The van der Waals surface area contributed by atoms with Gasteiger partial charge in [0.05, 0.1) is 0 Å². The quantitative estimate of drug-likeness (QED) is 0.871. The molecule has 0 radical (unpaired) electrons. The van der Waals surface area contributed by atoms with Crippen LogP contribution in [0.2, 0.25) is 0 Å². The van der Waals surface area contributed by atoms with Gasteiger partial charge in [-0.3, -0.25) is 0 Å². The highest BCUT2D eigenvalue weighted by atomic mass is 32.2. The molecule has 0 amide bonds. The predicted molar refractivity (Wildman–Crippen MR) is 71.0 cm³/mol. The highest BCUT2D eigenvalue weighted by Crippen LogP contribution is 2.27. The Hall–Kier alpha value is 0.01000. The van der Waals surface area contributed by atoms with E-state index in [0.29, 0.717) is 0 Å². The average Bonchev–Trinajstić information content (AvgIpc) is 2.72. The van der Waals surface area contributed by atoms with Crippen LogP contribution in [-0.4, -0.2) is 17.0 Å². The first-order valence-electron chi connectivity index (χ1n) is 5.56. The zero-order valence-electron chi connectivity index (χ0n) is 9.67. The average molecular weight is 241 g/mol. The molecule has 0 spiro atoms. The van der Waals surface area contributed by atoms with E-state index in [-0.39, 0.29) is 0 Å². The Morgan fingerprint density at radius 2 is 2.27 bits per heavy atom. The SMILES string of the molecule is Cc1cc(CNC2CSC(C)C2)sc1C. The molecule has 1 N–H and O–H groups in total. The minimum atomic E-state index is 0.729. The summed E-state index contributed by atoms with van der Waals surface area (Å²) in [5.74, 6) is 1.28. The lowest BCUT2D eigenvalue weighted by atomic mass is 10.2. The van der Waals surface area contributed by atoms with Crippen LogP contribution in [0.15, 0.2) is 6.07 Å². The van der Waals surface area contributed by atoms with Crippen LogP contribution in [0.1, 0.15) is 28.7 Å². The molecule has 0 saturated carbocycles. The van der Waals surface area contributed by atoms with Crippen LogP contribution in [0.3, 0.4) is 0 Å². The molecule has 1 nitrogen and oxygen atoms in total. The Labute approximate surface area is 101 Å². The maximum Gasteiger partial charge on any atom is 0.0302 e. The van der Waals surface area contributed by atoms with Crippen LogP contribution >= 0.6 is 23.1 Å². The molecular weight excluding hydrogens is 222 g/mol. The number of rotatable bonds is 3. The van der Waals surface area contributed by atoms with E-state index in [2.05, 4.69) is 43.9 Å². The molecular formula is C12H19NS2. The van der Waals surface area contributed by atoms with Gasteiger partial charge in [-0.2, -0.15) is 11.8 Å². The summed E-state index contributed by atoms with van der Waals surface area (Å²) in [7, 11) is 0. The van der Waals surface area contributed by atoms with Gasteiger partial charge in [0.1, 0.15) is 0 Å². The van der Waals surface area contributed by atoms with E-state index in [1.165, 1.54) is 27.5 Å². The molecule has 15 heavy (non-hydrogen) atoms. The van der Waals surface area contributed by atoms with Crippen LogP contribution in [0, 0.1) is 13.8 Å². The second kappa shape index (κ2) is 4.89. The first kappa shape index (κ1) is 11.5. The molecule has 2 unspecified atom stereocenters. The van der Waals surface area contributed by atoms with Gasteiger partial charge >= 0.3 is 0 Å². The van der Waals surface area contributed by atoms with E-state index in [1.807, 2.05) is 11.3 Å². The Kier molecular flexibility index (Phi) is 3.75. The van der Waals surface area contributed by atoms with Crippen molar-refractivity contribution < 1.29 is 0 Å². The van der Waals surface area contributed by atoms with Crippen molar-refractivity contribution in [3.8, 4) is 0 Å². The second-order valence-corrected chi connectivity index (χ2v) is 7.22. The van der Waals surface area contributed by atoms with Gasteiger partial charge in [0.2, 0.25) is 0 Å². The minimum absolute atomic E-state index is 0.729. The first-order valence-corrected chi connectivity index (χ1v) is 7.42. The number of thiophene rings is 1. The lowest BCUT2D eigenvalue weighted by Gasteiger charge is -2.09. The fraction of sp³-hybridized carbons (Fsp3) is 0.667. The van der Waals surface area contributed by atoms with Crippen molar-refractivity contribution in [1.82, 2.24) is 5.32 Å². The lowest BCUT2D eigenvalue weighted by Crippen LogP contribution is -2.28. The molecule has 0 aliphatic carbocycles. The summed E-state index contributed by atoms with van der Waals surface area (Å²) in [6.45, 7) is 7.78. The molecule has 3 heteroatoms. The van der Waals surface area contributed by atoms with Gasteiger partial charge in [-0.05, 0) is 31.9 Å². The molecule has 1 fully saturated rings. The molecule has 1 saturated heterocycles. The summed E-state index contributed by atoms with van der Waals surface area (Å²) in [6, 6.07) is 3.05. The maximum atomic E-state index is 3.66. The van der Waals surface area contributed by atoms with Gasteiger partial charge in [0.25, 0.3) is 0 Å². The topological polar surface area (TPSA) is 12.0 Å². The smallest absolute Gasteiger partial charge is 0.0302 e. The van der Waals surface area contributed by atoms with Crippen molar-refractivity contribution in [3.63, 3.8) is 0 Å². The van der Waals surface area contributed by atoms with E-state index >= 15 is 0 Å². The van der Waals surface area contributed by atoms with E-state index < -0.39 is 0 Å². The summed E-state index contributed by atoms with van der Waals surface area (Å²) in [4.78, 5) is 2.94. The lowest BCUT2D eigenvalue weighted by molar-refractivity contribution is 0.541. The summed E-state index contributed by atoms with van der Waals surface area (Å²) in [6.07, 6.45) is 1.33. The third-order valence-electron chi connectivity index (χ3n) is 2.98. The van der Waals surface area contributed by atoms with E-state index in [4.69, 9.17) is 0 Å². The van der Waals surface area contributed by atoms with Gasteiger partial charge in [-0.1, -0.05) is 6.92 Å². The monoisotopic (exact) mass is 241 g/mol. The number of hydrogen-bond acceptors (Lipinski definition) is 3. The van der Waals surface area contributed by atoms with Crippen LogP contribution < -0.4 is 5.32 Å². The van der Waals surface area contributed by atoms with Crippen molar-refractivity contribution in [2.75, 3.05) is 5.75 Å². The van der Waals surface area contributed by atoms with Gasteiger partial charge in [0, 0.05) is 33.3 Å². The summed E-state index contributed by atoms with van der Waals surface area (Å²) < 4.78 is 0. The first-order chi connectivity index (χ1) is 7.15. The fourth-order valence-corrected chi connectivity index (χ4v) is 4.13. The van der Waals surface area contributed by atoms with E-state index in [9.17, 15) is 0 Å². The number of aryl methyl sites for hydroxylation is 2. The van der Waals surface area contributed by atoms with E-state index in [1.54, 1.807) is 0 Å². The highest BCUT2D eigenvalue weighted by molar-refractivity contribution is 8.00. The minimum Gasteiger partial charge on any atom is -0.308 e. The van der Waals surface area contributed by atoms with Gasteiger partial charge < -0.3 is 5.32 Å². The summed E-state index contributed by atoms with van der Waals surface area (Å²) >= 11 is 4.02. The molecule has 1 aromatic rings. The molecule has 1 aliphatic heterocycles. The molecule has 84 valence electrons. The molecule has 2 atom stereocenters. The highest BCUT2D eigenvalue weighted by Gasteiger charge is 2.21. The van der Waals surface area contributed by atoms with Gasteiger partial charge in [0.15, 0.2) is 0 Å². The standard InChI is InChI=1S/C12H19NS2/c1-8-4-12(15-10(8)3)6-13-11-5-9(2)14-7-11/h4,9,11,13H,5-7H2,1-3H3. The van der Waals surface area contributed by atoms with Crippen molar-refractivity contribution in [1.29, 1.82) is 0 Å². The Morgan fingerprint density at radius 3 is 2.80 bits per heavy atom. The van der Waals surface area contributed by atoms with Crippen LogP contribution in [0.5, 0.6) is 0 Å². The molecule has 2 heterocycles. The van der Waals surface area contributed by atoms with Crippen molar-refractivity contribution in [2.24, 2.45) is 0 Å². The number of thioether (sulfide) groups is 1. The maximum absolute atomic E-state index is 3.66. The summed E-state index contributed by atoms with van der Waals surface area (Å²) in [5.41, 5.74) is 1.44. The van der Waals surface area contributed by atoms with Crippen molar-refractivity contribution in [2.45, 2.75) is 45.0 Å². The third kappa shape index (κ3) is 2.99. The zero-order valence-corrected chi connectivity index (χ0v) is 11.3. The zero-order chi connectivity index (χ0) is 10.8. The van der Waals surface area contributed by atoms with Crippen LogP contribution in [0.25, 0.3) is 0 Å². The molecule has 1 aromatic heterocycles. The second-order valence-electron chi connectivity index (χ2n) is 4.41. The van der Waals surface area contributed by atoms with Crippen molar-refractivity contribution in [3.05, 3.63) is 21.4 Å². The normalized spacial score (nSPS) is 26.1. The van der Waals surface area contributed by atoms with Crippen molar-refractivity contribution >= 4 is 23.1 Å². The number of nitrogens with one attached hydrogen (secondary N) is 1. The largest absolute Gasteiger partial charge is 0.308 e. The summed E-state index contributed by atoms with van der Waals surface area (Å²) in [5, 5.41) is 4.50. The Bertz CT molecular complexity index is 313. The van der Waals surface area contributed by atoms with Gasteiger partial charge in [-0.25, -0.2) is 0 Å². The Morgan fingerprint density at radius 1 is 1.47 bits per heavy atom. The Balaban J connectivity index is 1.83. The predicted octanol–water partition coefficient (Wildman–Crippen LogP) is 3.35. The molecule has 2 rings (SSSR count). The van der Waals surface area contributed by atoms with Crippen LogP contribution in [-0.2, 0) is 6.54 Å².